The fraction of sp³-hybridized carbons (Fsp3) is 0.267. The Morgan fingerprint density at radius 2 is 2.19 bits per heavy atom. The summed E-state index contributed by atoms with van der Waals surface area (Å²) in [4.78, 5) is 15.6. The smallest absolute Gasteiger partial charge is 0.311 e. The molecule has 1 aromatic heterocycles. The van der Waals surface area contributed by atoms with Gasteiger partial charge in [0.25, 0.3) is 0 Å². The minimum absolute atomic E-state index is 0.188. The first-order valence-electron chi connectivity index (χ1n) is 6.63. The van der Waals surface area contributed by atoms with Crippen LogP contribution in [0.2, 0.25) is 0 Å². The predicted octanol–water partition coefficient (Wildman–Crippen LogP) is 3.00. The van der Waals surface area contributed by atoms with Crippen LogP contribution in [0.5, 0.6) is 0 Å². The largest absolute Gasteiger partial charge is 0.466 e. The van der Waals surface area contributed by atoms with Gasteiger partial charge in [0.1, 0.15) is 0 Å². The first kappa shape index (κ1) is 15.2. The molecule has 0 saturated heterocycles. The number of ether oxygens (including phenoxy) is 1. The van der Waals surface area contributed by atoms with Crippen molar-refractivity contribution in [2.24, 2.45) is 5.10 Å². The Hall–Kier alpha value is -2.21. The molecule has 0 aliphatic heterocycles. The maximum atomic E-state index is 11.3. The summed E-state index contributed by atoms with van der Waals surface area (Å²) in [7, 11) is 0. The standard InChI is InChI=1S/C15H17N3O2S/c1-3-20-14(19)8-13-10-21-15(17-13)18-16-9-12-6-4-11(2)5-7-12/h4-7,9-10H,3,8H2,1-2H3,(H,17,18)/b16-9-. The second-order valence-electron chi connectivity index (χ2n) is 4.41. The number of hydrogen-bond donors (Lipinski definition) is 1. The minimum Gasteiger partial charge on any atom is -0.466 e. The molecule has 0 unspecified atom stereocenters. The molecule has 1 heterocycles. The van der Waals surface area contributed by atoms with Crippen molar-refractivity contribution >= 4 is 28.7 Å². The van der Waals surface area contributed by atoms with E-state index >= 15 is 0 Å². The average molecular weight is 303 g/mol. The molecule has 0 aliphatic carbocycles. The monoisotopic (exact) mass is 303 g/mol. The molecule has 6 heteroatoms. The highest BCUT2D eigenvalue weighted by atomic mass is 32.1. The second-order valence-corrected chi connectivity index (χ2v) is 5.26. The van der Waals surface area contributed by atoms with E-state index in [1.54, 1.807) is 13.1 Å². The number of carbonyl (C=O) groups is 1. The summed E-state index contributed by atoms with van der Waals surface area (Å²) in [5, 5.41) is 6.60. The lowest BCUT2D eigenvalue weighted by Gasteiger charge is -1.98. The third kappa shape index (κ3) is 5.00. The highest BCUT2D eigenvalue weighted by Gasteiger charge is 2.07. The van der Waals surface area contributed by atoms with Crippen LogP contribution >= 0.6 is 11.3 Å². The summed E-state index contributed by atoms with van der Waals surface area (Å²) in [5.74, 6) is -0.266. The van der Waals surface area contributed by atoms with E-state index in [2.05, 4.69) is 15.5 Å². The molecule has 2 rings (SSSR count). The summed E-state index contributed by atoms with van der Waals surface area (Å²) < 4.78 is 4.88. The fourth-order valence-electron chi connectivity index (χ4n) is 1.61. The van der Waals surface area contributed by atoms with Gasteiger partial charge in [0.05, 0.1) is 24.9 Å². The van der Waals surface area contributed by atoms with Gasteiger partial charge in [-0.2, -0.15) is 5.10 Å². The molecule has 0 bridgehead atoms. The van der Waals surface area contributed by atoms with Gasteiger partial charge in [0, 0.05) is 5.38 Å². The van der Waals surface area contributed by atoms with Crippen molar-refractivity contribution in [3.05, 3.63) is 46.5 Å². The van der Waals surface area contributed by atoms with Crippen LogP contribution in [0.15, 0.2) is 34.7 Å². The SMILES string of the molecule is CCOC(=O)Cc1csc(N/N=C\c2ccc(C)cc2)n1. The first-order chi connectivity index (χ1) is 10.2. The van der Waals surface area contributed by atoms with Gasteiger partial charge in [0.15, 0.2) is 0 Å². The topological polar surface area (TPSA) is 63.6 Å². The number of aromatic nitrogens is 1. The molecule has 1 aromatic carbocycles. The number of hydrogen-bond acceptors (Lipinski definition) is 6. The molecule has 0 saturated carbocycles. The number of esters is 1. The van der Waals surface area contributed by atoms with Gasteiger partial charge in [-0.3, -0.25) is 10.2 Å². The lowest BCUT2D eigenvalue weighted by Crippen LogP contribution is -2.07. The molecular weight excluding hydrogens is 286 g/mol. The number of aryl methyl sites for hydroxylation is 1. The van der Waals surface area contributed by atoms with Crippen molar-refractivity contribution in [1.29, 1.82) is 0 Å². The minimum atomic E-state index is -0.266. The Bertz CT molecular complexity index is 620. The lowest BCUT2D eigenvalue weighted by molar-refractivity contribution is -0.142. The summed E-state index contributed by atoms with van der Waals surface area (Å²) in [5.41, 5.74) is 5.77. The summed E-state index contributed by atoms with van der Waals surface area (Å²) in [6.07, 6.45) is 1.92. The average Bonchev–Trinajstić information content (AvgIpc) is 2.89. The van der Waals surface area contributed by atoms with Gasteiger partial charge in [-0.25, -0.2) is 4.98 Å². The highest BCUT2D eigenvalue weighted by molar-refractivity contribution is 7.13. The Balaban J connectivity index is 1.87. The molecule has 0 fully saturated rings. The molecule has 0 amide bonds. The van der Waals surface area contributed by atoms with Crippen molar-refractivity contribution in [3.63, 3.8) is 0 Å². The van der Waals surface area contributed by atoms with E-state index in [9.17, 15) is 4.79 Å². The van der Waals surface area contributed by atoms with Gasteiger partial charge in [-0.15, -0.1) is 11.3 Å². The molecule has 110 valence electrons. The zero-order valence-electron chi connectivity index (χ0n) is 12.0. The van der Waals surface area contributed by atoms with Gasteiger partial charge in [0.2, 0.25) is 5.13 Å². The molecule has 1 N–H and O–H groups in total. The van der Waals surface area contributed by atoms with Crippen LogP contribution < -0.4 is 5.43 Å². The van der Waals surface area contributed by atoms with E-state index in [0.29, 0.717) is 17.4 Å². The normalized spacial score (nSPS) is 10.8. The van der Waals surface area contributed by atoms with E-state index in [4.69, 9.17) is 4.74 Å². The first-order valence-corrected chi connectivity index (χ1v) is 7.51. The summed E-state index contributed by atoms with van der Waals surface area (Å²) in [6, 6.07) is 8.05. The molecule has 5 nitrogen and oxygen atoms in total. The van der Waals surface area contributed by atoms with Crippen molar-refractivity contribution in [2.45, 2.75) is 20.3 Å². The van der Waals surface area contributed by atoms with Gasteiger partial charge >= 0.3 is 5.97 Å². The molecule has 0 radical (unpaired) electrons. The molecular formula is C15H17N3O2S. The number of thiazole rings is 1. The number of nitrogens with one attached hydrogen (secondary N) is 1. The van der Waals surface area contributed by atoms with Crippen LogP contribution in [0, 0.1) is 6.92 Å². The van der Waals surface area contributed by atoms with Gasteiger partial charge in [-0.05, 0) is 19.4 Å². The van der Waals surface area contributed by atoms with Gasteiger partial charge < -0.3 is 4.74 Å². The molecule has 0 atom stereocenters. The quantitative estimate of drug-likeness (QED) is 0.506. The number of hydrazone groups is 1. The van der Waals surface area contributed by atoms with E-state index in [-0.39, 0.29) is 12.4 Å². The van der Waals surface area contributed by atoms with E-state index in [0.717, 1.165) is 5.56 Å². The number of carbonyl (C=O) groups excluding carboxylic acids is 1. The molecule has 2 aromatic rings. The van der Waals surface area contributed by atoms with Crippen molar-refractivity contribution in [1.82, 2.24) is 4.98 Å². The maximum Gasteiger partial charge on any atom is 0.311 e. The van der Waals surface area contributed by atoms with Crippen LogP contribution in [0.1, 0.15) is 23.7 Å². The summed E-state index contributed by atoms with van der Waals surface area (Å²) >= 11 is 1.40. The van der Waals surface area contributed by atoms with Crippen molar-refractivity contribution in [3.8, 4) is 0 Å². The molecule has 0 spiro atoms. The molecule has 21 heavy (non-hydrogen) atoms. The zero-order valence-corrected chi connectivity index (χ0v) is 12.8. The number of rotatable bonds is 6. The summed E-state index contributed by atoms with van der Waals surface area (Å²) in [6.45, 7) is 4.21. The zero-order chi connectivity index (χ0) is 15.1. The number of anilines is 1. The highest BCUT2D eigenvalue weighted by Crippen LogP contribution is 2.16. The third-order valence-electron chi connectivity index (χ3n) is 2.63. The van der Waals surface area contributed by atoms with Crippen LogP contribution in [0.4, 0.5) is 5.13 Å². The Morgan fingerprint density at radius 1 is 1.43 bits per heavy atom. The van der Waals surface area contributed by atoms with Crippen LogP contribution in [0.3, 0.4) is 0 Å². The van der Waals surface area contributed by atoms with Crippen LogP contribution in [-0.2, 0) is 16.0 Å². The van der Waals surface area contributed by atoms with Crippen LogP contribution in [-0.4, -0.2) is 23.8 Å². The number of nitrogens with zero attached hydrogens (tertiary/aromatic N) is 2. The van der Waals surface area contributed by atoms with E-state index in [1.165, 1.54) is 16.9 Å². The fourth-order valence-corrected chi connectivity index (χ4v) is 2.27. The number of benzene rings is 1. The van der Waals surface area contributed by atoms with E-state index < -0.39 is 0 Å². The van der Waals surface area contributed by atoms with Gasteiger partial charge in [-0.1, -0.05) is 29.8 Å². The van der Waals surface area contributed by atoms with Crippen molar-refractivity contribution < 1.29 is 9.53 Å². The third-order valence-corrected chi connectivity index (χ3v) is 3.43. The van der Waals surface area contributed by atoms with Crippen LogP contribution in [0.25, 0.3) is 0 Å². The predicted molar refractivity (Wildman–Crippen MR) is 84.8 cm³/mol. The Kier molecular flexibility index (Phi) is 5.45. The lowest BCUT2D eigenvalue weighted by atomic mass is 10.2. The van der Waals surface area contributed by atoms with Crippen molar-refractivity contribution in [2.75, 3.05) is 12.0 Å². The maximum absolute atomic E-state index is 11.3. The van der Waals surface area contributed by atoms with E-state index in [1.807, 2.05) is 36.6 Å². The second kappa shape index (κ2) is 7.54. The Morgan fingerprint density at radius 3 is 2.90 bits per heavy atom. The molecule has 0 aliphatic rings. The Labute approximate surface area is 127 Å².